The number of nitrogens with one attached hydrogen (secondary N) is 1. The Morgan fingerprint density at radius 2 is 2.26 bits per heavy atom. The molecule has 0 amide bonds. The summed E-state index contributed by atoms with van der Waals surface area (Å²) in [6.07, 6.45) is 0.638. The smallest absolute Gasteiger partial charge is 0.313 e. The highest BCUT2D eigenvalue weighted by Crippen LogP contribution is 2.32. The molecule has 1 aromatic carbocycles. The van der Waals surface area contributed by atoms with Crippen molar-refractivity contribution in [1.29, 1.82) is 0 Å². The van der Waals surface area contributed by atoms with Crippen molar-refractivity contribution < 1.29 is 19.2 Å². The molecule has 7 heteroatoms. The number of hydrogen-bond donors (Lipinski definition) is 2. The number of aliphatic hydroxyl groups is 1. The van der Waals surface area contributed by atoms with Gasteiger partial charge in [0.15, 0.2) is 11.6 Å². The second kappa shape index (κ2) is 6.89. The summed E-state index contributed by atoms with van der Waals surface area (Å²) in [7, 11) is 1.28. The molecule has 0 aromatic heterocycles. The van der Waals surface area contributed by atoms with Crippen LogP contribution in [0.25, 0.3) is 0 Å². The van der Waals surface area contributed by atoms with Crippen LogP contribution < -0.4 is 10.1 Å². The Labute approximate surface area is 110 Å². The second-order valence-corrected chi connectivity index (χ2v) is 4.04. The summed E-state index contributed by atoms with van der Waals surface area (Å²) in [6.45, 7) is 2.22. The van der Waals surface area contributed by atoms with E-state index in [9.17, 15) is 19.6 Å². The quantitative estimate of drug-likeness (QED) is 0.587. The number of halogens is 1. The molecule has 0 heterocycles. The van der Waals surface area contributed by atoms with Gasteiger partial charge in [0.25, 0.3) is 0 Å². The number of nitro groups is 1. The Morgan fingerprint density at radius 1 is 1.58 bits per heavy atom. The first-order chi connectivity index (χ1) is 8.99. The first-order valence-electron chi connectivity index (χ1n) is 5.93. The van der Waals surface area contributed by atoms with Gasteiger partial charge in [-0.1, -0.05) is 6.92 Å². The van der Waals surface area contributed by atoms with Crippen LogP contribution in [0.1, 0.15) is 19.8 Å². The van der Waals surface area contributed by atoms with Gasteiger partial charge in [-0.3, -0.25) is 10.1 Å². The van der Waals surface area contributed by atoms with Gasteiger partial charge in [-0.2, -0.15) is 0 Å². The normalized spacial score (nSPS) is 12.0. The summed E-state index contributed by atoms with van der Waals surface area (Å²) < 4.78 is 18.5. The van der Waals surface area contributed by atoms with Gasteiger partial charge in [-0.15, -0.1) is 0 Å². The van der Waals surface area contributed by atoms with Crippen molar-refractivity contribution in [2.24, 2.45) is 0 Å². The maximum Gasteiger partial charge on any atom is 0.313 e. The molecule has 1 unspecified atom stereocenters. The van der Waals surface area contributed by atoms with E-state index in [1.807, 2.05) is 6.92 Å². The van der Waals surface area contributed by atoms with Crippen molar-refractivity contribution in [3.8, 4) is 5.75 Å². The van der Waals surface area contributed by atoms with Crippen LogP contribution in [-0.4, -0.2) is 29.8 Å². The third-order valence-electron chi connectivity index (χ3n) is 2.73. The van der Waals surface area contributed by atoms with Gasteiger partial charge in [0.05, 0.1) is 29.9 Å². The zero-order valence-corrected chi connectivity index (χ0v) is 10.9. The number of hydrogen-bond acceptors (Lipinski definition) is 5. The van der Waals surface area contributed by atoms with Crippen molar-refractivity contribution in [3.05, 3.63) is 28.1 Å². The summed E-state index contributed by atoms with van der Waals surface area (Å²) in [5, 5.41) is 22.8. The minimum atomic E-state index is -0.724. The molecule has 0 aliphatic heterocycles. The predicted octanol–water partition coefficient (Wildman–Crippen LogP) is 2.32. The number of nitro benzene ring substituents is 1. The van der Waals surface area contributed by atoms with Gasteiger partial charge in [-0.05, 0) is 12.8 Å². The van der Waals surface area contributed by atoms with E-state index in [-0.39, 0.29) is 11.4 Å². The number of methoxy groups -OCH3 is 1. The van der Waals surface area contributed by atoms with E-state index in [4.69, 9.17) is 4.74 Å². The van der Waals surface area contributed by atoms with Gasteiger partial charge < -0.3 is 15.2 Å². The summed E-state index contributed by atoms with van der Waals surface area (Å²) in [5.74, 6) is -0.733. The fourth-order valence-electron chi connectivity index (χ4n) is 1.56. The second-order valence-electron chi connectivity index (χ2n) is 4.04. The molecule has 19 heavy (non-hydrogen) atoms. The van der Waals surface area contributed by atoms with Crippen LogP contribution in [0.3, 0.4) is 0 Å². The van der Waals surface area contributed by atoms with E-state index in [0.717, 1.165) is 6.07 Å². The maximum absolute atomic E-state index is 13.6. The van der Waals surface area contributed by atoms with Crippen LogP contribution in [0.4, 0.5) is 15.8 Å². The largest absolute Gasteiger partial charge is 0.490 e. The molecule has 1 atom stereocenters. The fourth-order valence-corrected chi connectivity index (χ4v) is 1.56. The number of anilines is 1. The molecule has 0 radical (unpaired) electrons. The van der Waals surface area contributed by atoms with Crippen molar-refractivity contribution in [3.63, 3.8) is 0 Å². The van der Waals surface area contributed by atoms with Crippen LogP contribution in [0.5, 0.6) is 5.75 Å². The molecule has 0 spiro atoms. The fraction of sp³-hybridized carbons (Fsp3) is 0.500. The molecule has 106 valence electrons. The molecule has 0 aliphatic carbocycles. The van der Waals surface area contributed by atoms with Gasteiger partial charge in [0.1, 0.15) is 0 Å². The minimum Gasteiger partial charge on any atom is -0.490 e. The average molecular weight is 272 g/mol. The number of aliphatic hydroxyl groups excluding tert-OH is 1. The van der Waals surface area contributed by atoms with Crippen LogP contribution in [0.2, 0.25) is 0 Å². The Kier molecular flexibility index (Phi) is 5.50. The van der Waals surface area contributed by atoms with Crippen molar-refractivity contribution in [2.75, 3.05) is 19.0 Å². The standard InChI is InChI=1S/C12H17FN2O4/c1-3-8(16)4-5-14-10-7-12(19-2)11(15(17)18)6-9(10)13/h6-8,14,16H,3-5H2,1-2H3. The predicted molar refractivity (Wildman–Crippen MR) is 69.0 cm³/mol. The van der Waals surface area contributed by atoms with E-state index >= 15 is 0 Å². The number of benzene rings is 1. The first-order valence-corrected chi connectivity index (χ1v) is 5.93. The van der Waals surface area contributed by atoms with E-state index in [1.54, 1.807) is 0 Å². The first kappa shape index (κ1) is 15.2. The number of ether oxygens (including phenoxy) is 1. The van der Waals surface area contributed by atoms with E-state index in [1.165, 1.54) is 13.2 Å². The van der Waals surface area contributed by atoms with Crippen molar-refractivity contribution in [1.82, 2.24) is 0 Å². The minimum absolute atomic E-state index is 0.00931. The zero-order valence-electron chi connectivity index (χ0n) is 10.9. The van der Waals surface area contributed by atoms with Crippen LogP contribution in [-0.2, 0) is 0 Å². The third-order valence-corrected chi connectivity index (χ3v) is 2.73. The third kappa shape index (κ3) is 4.06. The van der Waals surface area contributed by atoms with Crippen LogP contribution in [0, 0.1) is 15.9 Å². The van der Waals surface area contributed by atoms with Gasteiger partial charge in [-0.25, -0.2) is 4.39 Å². The lowest BCUT2D eigenvalue weighted by Gasteiger charge is -2.11. The Hall–Kier alpha value is -1.89. The van der Waals surface area contributed by atoms with Crippen LogP contribution >= 0.6 is 0 Å². The highest BCUT2D eigenvalue weighted by Gasteiger charge is 2.19. The number of nitrogens with zero attached hydrogens (tertiary/aromatic N) is 1. The summed E-state index contributed by atoms with van der Waals surface area (Å²) in [6, 6.07) is 2.06. The Morgan fingerprint density at radius 3 is 2.79 bits per heavy atom. The molecular formula is C12H17FN2O4. The van der Waals surface area contributed by atoms with Gasteiger partial charge in [0, 0.05) is 12.6 Å². The highest BCUT2D eigenvalue weighted by molar-refractivity contribution is 5.59. The lowest BCUT2D eigenvalue weighted by molar-refractivity contribution is -0.385. The van der Waals surface area contributed by atoms with E-state index < -0.39 is 22.5 Å². The van der Waals surface area contributed by atoms with E-state index in [0.29, 0.717) is 19.4 Å². The highest BCUT2D eigenvalue weighted by atomic mass is 19.1. The van der Waals surface area contributed by atoms with Crippen molar-refractivity contribution in [2.45, 2.75) is 25.9 Å². The van der Waals surface area contributed by atoms with Gasteiger partial charge >= 0.3 is 5.69 Å². The SMILES string of the molecule is CCC(O)CCNc1cc(OC)c([N+](=O)[O-])cc1F. The van der Waals surface area contributed by atoms with Crippen LogP contribution in [0.15, 0.2) is 12.1 Å². The molecule has 0 saturated carbocycles. The Bertz CT molecular complexity index is 454. The molecule has 0 fully saturated rings. The molecule has 0 bridgehead atoms. The van der Waals surface area contributed by atoms with Crippen molar-refractivity contribution >= 4 is 11.4 Å². The molecular weight excluding hydrogens is 255 g/mol. The Balaban J connectivity index is 2.82. The summed E-state index contributed by atoms with van der Waals surface area (Å²) in [4.78, 5) is 9.99. The van der Waals surface area contributed by atoms with Gasteiger partial charge in [0.2, 0.25) is 0 Å². The lowest BCUT2D eigenvalue weighted by atomic mass is 10.2. The lowest BCUT2D eigenvalue weighted by Crippen LogP contribution is -2.13. The maximum atomic E-state index is 13.6. The topological polar surface area (TPSA) is 84.6 Å². The van der Waals surface area contributed by atoms with E-state index in [2.05, 4.69) is 5.32 Å². The molecule has 6 nitrogen and oxygen atoms in total. The molecule has 1 aromatic rings. The number of rotatable bonds is 7. The summed E-state index contributed by atoms with van der Waals surface area (Å²) in [5.41, 5.74) is -0.301. The average Bonchev–Trinajstić information content (AvgIpc) is 2.39. The zero-order chi connectivity index (χ0) is 14.4. The summed E-state index contributed by atoms with van der Waals surface area (Å²) >= 11 is 0. The molecule has 1 rings (SSSR count). The molecule has 2 N–H and O–H groups in total. The molecule has 0 aliphatic rings. The monoisotopic (exact) mass is 272 g/mol. The molecule has 0 saturated heterocycles.